The third-order valence-corrected chi connectivity index (χ3v) is 1.44. The van der Waals surface area contributed by atoms with Crippen LogP contribution in [-0.4, -0.2) is 15.8 Å². The van der Waals surface area contributed by atoms with Crippen molar-refractivity contribution in [3.05, 3.63) is 29.9 Å². The molecule has 0 aliphatic rings. The van der Waals surface area contributed by atoms with Crippen LogP contribution in [-0.2, 0) is 0 Å². The number of nitrogens with two attached hydrogens (primary N) is 1. The van der Waals surface area contributed by atoms with E-state index in [9.17, 15) is 0 Å². The second kappa shape index (κ2) is 4.36. The molecule has 0 atom stereocenters. The van der Waals surface area contributed by atoms with E-state index in [1.54, 1.807) is 13.0 Å². The summed E-state index contributed by atoms with van der Waals surface area (Å²) in [6.45, 7) is 3.59. The summed E-state index contributed by atoms with van der Waals surface area (Å²) in [5.74, 6) is 0.808. The number of amidine groups is 1. The number of rotatable bonds is 2. The fraction of sp³-hybridized carbons (Fsp3) is 0.222. The average Bonchev–Trinajstić information content (AvgIpc) is 2.01. The van der Waals surface area contributed by atoms with E-state index in [-0.39, 0.29) is 5.84 Å². The van der Waals surface area contributed by atoms with E-state index < -0.39 is 0 Å². The SMILES string of the molecule is C/C(N)=C/C(=N)Nc1cc(C)ncn1. The molecule has 1 heterocycles. The molecule has 0 saturated heterocycles. The molecule has 1 aromatic rings. The minimum absolute atomic E-state index is 0.211. The molecule has 0 spiro atoms. The van der Waals surface area contributed by atoms with E-state index in [0.717, 1.165) is 5.69 Å². The van der Waals surface area contributed by atoms with Crippen molar-refractivity contribution in [2.75, 3.05) is 5.32 Å². The Hall–Kier alpha value is -1.91. The van der Waals surface area contributed by atoms with Gasteiger partial charge in [0.15, 0.2) is 0 Å². The van der Waals surface area contributed by atoms with E-state index in [1.165, 1.54) is 12.4 Å². The number of nitrogens with one attached hydrogen (secondary N) is 2. The molecule has 0 bridgehead atoms. The fourth-order valence-electron chi connectivity index (χ4n) is 0.925. The van der Waals surface area contributed by atoms with Gasteiger partial charge >= 0.3 is 0 Å². The Morgan fingerprint density at radius 1 is 1.57 bits per heavy atom. The maximum absolute atomic E-state index is 7.50. The smallest absolute Gasteiger partial charge is 0.135 e. The normalized spacial score (nSPS) is 11.1. The van der Waals surface area contributed by atoms with Gasteiger partial charge in [0, 0.05) is 17.5 Å². The highest BCUT2D eigenvalue weighted by atomic mass is 15.0. The quantitative estimate of drug-likeness (QED) is 0.481. The molecule has 0 aromatic carbocycles. The molecule has 1 aromatic heterocycles. The standard InChI is InChI=1S/C9H13N5/c1-6(10)3-8(11)14-9-4-7(2)12-5-13-9/h3-5H,10H2,1-2H3,(H2,11,12,13,14)/b6-3-. The van der Waals surface area contributed by atoms with Crippen LogP contribution in [0.25, 0.3) is 0 Å². The van der Waals surface area contributed by atoms with Gasteiger partial charge in [0.25, 0.3) is 0 Å². The van der Waals surface area contributed by atoms with Crippen molar-refractivity contribution in [2.24, 2.45) is 5.73 Å². The molecule has 5 heteroatoms. The molecule has 0 amide bonds. The predicted octanol–water partition coefficient (Wildman–Crippen LogP) is 1.04. The molecular formula is C9H13N5. The highest BCUT2D eigenvalue weighted by Gasteiger charge is 1.96. The van der Waals surface area contributed by atoms with Gasteiger partial charge in [-0.15, -0.1) is 0 Å². The van der Waals surface area contributed by atoms with Crippen molar-refractivity contribution < 1.29 is 0 Å². The van der Waals surface area contributed by atoms with Crippen LogP contribution < -0.4 is 11.1 Å². The summed E-state index contributed by atoms with van der Waals surface area (Å²) in [7, 11) is 0. The molecule has 0 radical (unpaired) electrons. The zero-order valence-corrected chi connectivity index (χ0v) is 8.20. The van der Waals surface area contributed by atoms with Gasteiger partial charge in [0.1, 0.15) is 18.0 Å². The third-order valence-electron chi connectivity index (χ3n) is 1.44. The van der Waals surface area contributed by atoms with E-state index in [1.807, 2.05) is 6.92 Å². The number of hydrogen-bond acceptors (Lipinski definition) is 4. The van der Waals surface area contributed by atoms with Gasteiger partial charge in [0.2, 0.25) is 0 Å². The van der Waals surface area contributed by atoms with Gasteiger partial charge in [-0.3, -0.25) is 5.41 Å². The van der Waals surface area contributed by atoms with Gasteiger partial charge < -0.3 is 11.1 Å². The van der Waals surface area contributed by atoms with Crippen molar-refractivity contribution in [2.45, 2.75) is 13.8 Å². The maximum atomic E-state index is 7.50. The first-order chi connectivity index (χ1) is 6.58. The third kappa shape index (κ3) is 3.22. The van der Waals surface area contributed by atoms with E-state index in [2.05, 4.69) is 15.3 Å². The Balaban J connectivity index is 2.70. The first kappa shape index (κ1) is 10.2. The Morgan fingerprint density at radius 2 is 2.29 bits per heavy atom. The fourth-order valence-corrected chi connectivity index (χ4v) is 0.925. The molecule has 0 unspecified atom stereocenters. The molecule has 4 N–H and O–H groups in total. The van der Waals surface area contributed by atoms with Crippen molar-refractivity contribution in [3.8, 4) is 0 Å². The van der Waals surface area contributed by atoms with Crippen molar-refractivity contribution in [1.82, 2.24) is 9.97 Å². The van der Waals surface area contributed by atoms with Gasteiger partial charge in [-0.05, 0) is 19.9 Å². The lowest BCUT2D eigenvalue weighted by molar-refractivity contribution is 1.10. The summed E-state index contributed by atoms with van der Waals surface area (Å²) in [5, 5.41) is 10.3. The number of aromatic nitrogens is 2. The van der Waals surface area contributed by atoms with Crippen LogP contribution in [0.15, 0.2) is 24.2 Å². The lowest BCUT2D eigenvalue weighted by Crippen LogP contribution is -2.11. The van der Waals surface area contributed by atoms with Gasteiger partial charge in [-0.1, -0.05) is 0 Å². The van der Waals surface area contributed by atoms with Gasteiger partial charge in [-0.25, -0.2) is 9.97 Å². The maximum Gasteiger partial charge on any atom is 0.135 e. The van der Waals surface area contributed by atoms with Crippen LogP contribution in [0, 0.1) is 12.3 Å². The van der Waals surface area contributed by atoms with Crippen LogP contribution in [0.3, 0.4) is 0 Å². The first-order valence-corrected chi connectivity index (χ1v) is 4.16. The number of allylic oxidation sites excluding steroid dienone is 1. The first-order valence-electron chi connectivity index (χ1n) is 4.16. The van der Waals surface area contributed by atoms with Crippen LogP contribution in [0.2, 0.25) is 0 Å². The zero-order chi connectivity index (χ0) is 10.6. The molecule has 74 valence electrons. The topological polar surface area (TPSA) is 87.7 Å². The van der Waals surface area contributed by atoms with Gasteiger partial charge in [-0.2, -0.15) is 0 Å². The summed E-state index contributed by atoms with van der Waals surface area (Å²) in [6.07, 6.45) is 2.97. The molecule has 0 saturated carbocycles. The van der Waals surface area contributed by atoms with Crippen LogP contribution in [0.5, 0.6) is 0 Å². The number of nitrogens with zero attached hydrogens (tertiary/aromatic N) is 2. The highest BCUT2D eigenvalue weighted by Crippen LogP contribution is 2.02. The Labute approximate surface area is 82.6 Å². The summed E-state index contributed by atoms with van der Waals surface area (Å²) < 4.78 is 0. The number of anilines is 1. The Bertz CT molecular complexity index is 365. The largest absolute Gasteiger partial charge is 0.402 e. The minimum Gasteiger partial charge on any atom is -0.402 e. The Kier molecular flexibility index (Phi) is 3.17. The van der Waals surface area contributed by atoms with E-state index in [0.29, 0.717) is 11.5 Å². The molecule has 0 aliphatic carbocycles. The van der Waals surface area contributed by atoms with Crippen molar-refractivity contribution in [3.63, 3.8) is 0 Å². The molecule has 0 aliphatic heterocycles. The molecular weight excluding hydrogens is 178 g/mol. The molecule has 0 fully saturated rings. The lowest BCUT2D eigenvalue weighted by Gasteiger charge is -2.03. The second-order valence-corrected chi connectivity index (χ2v) is 2.97. The predicted molar refractivity (Wildman–Crippen MR) is 56.1 cm³/mol. The summed E-state index contributed by atoms with van der Waals surface area (Å²) in [5.41, 5.74) is 6.85. The number of aryl methyl sites for hydroxylation is 1. The van der Waals surface area contributed by atoms with Crippen molar-refractivity contribution in [1.29, 1.82) is 5.41 Å². The van der Waals surface area contributed by atoms with Crippen LogP contribution in [0.4, 0.5) is 5.82 Å². The summed E-state index contributed by atoms with van der Waals surface area (Å²) in [6, 6.07) is 1.76. The average molecular weight is 191 g/mol. The summed E-state index contributed by atoms with van der Waals surface area (Å²) >= 11 is 0. The van der Waals surface area contributed by atoms with Crippen LogP contribution >= 0.6 is 0 Å². The molecule has 5 nitrogen and oxygen atoms in total. The van der Waals surface area contributed by atoms with E-state index >= 15 is 0 Å². The minimum atomic E-state index is 0.211. The van der Waals surface area contributed by atoms with E-state index in [4.69, 9.17) is 11.1 Å². The lowest BCUT2D eigenvalue weighted by atomic mass is 10.4. The second-order valence-electron chi connectivity index (χ2n) is 2.97. The van der Waals surface area contributed by atoms with Gasteiger partial charge in [0.05, 0.1) is 0 Å². The van der Waals surface area contributed by atoms with Crippen molar-refractivity contribution >= 4 is 11.7 Å². The van der Waals surface area contributed by atoms with Crippen LogP contribution in [0.1, 0.15) is 12.6 Å². The Morgan fingerprint density at radius 3 is 2.86 bits per heavy atom. The molecule has 14 heavy (non-hydrogen) atoms. The highest BCUT2D eigenvalue weighted by molar-refractivity contribution is 6.01. The number of hydrogen-bond donors (Lipinski definition) is 3. The summed E-state index contributed by atoms with van der Waals surface area (Å²) in [4.78, 5) is 7.90. The monoisotopic (exact) mass is 191 g/mol. The molecule has 1 rings (SSSR count). The zero-order valence-electron chi connectivity index (χ0n) is 8.20.